The number of benzene rings is 3. The van der Waals surface area contributed by atoms with Gasteiger partial charge in [-0.15, -0.1) is 0 Å². The quantitative estimate of drug-likeness (QED) is 0.588. The Morgan fingerprint density at radius 2 is 1.61 bits per heavy atom. The molecule has 0 spiro atoms. The summed E-state index contributed by atoms with van der Waals surface area (Å²) in [6.45, 7) is 0.491. The lowest BCUT2D eigenvalue weighted by molar-refractivity contribution is 0.112. The molecule has 3 aromatic rings. The maximum Gasteiger partial charge on any atom is 0.150 e. The van der Waals surface area contributed by atoms with Crippen molar-refractivity contribution in [2.75, 3.05) is 0 Å². The Morgan fingerprint density at radius 1 is 0.870 bits per heavy atom. The molecule has 0 saturated heterocycles. The third-order valence-electron chi connectivity index (χ3n) is 3.53. The van der Waals surface area contributed by atoms with Crippen LogP contribution in [0.25, 0.3) is 11.1 Å². The van der Waals surface area contributed by atoms with E-state index in [-0.39, 0.29) is 0 Å². The van der Waals surface area contributed by atoms with Gasteiger partial charge in [-0.05, 0) is 41.0 Å². The Hall–Kier alpha value is -2.58. The monoisotopic (exact) mass is 322 g/mol. The lowest BCUT2D eigenvalue weighted by Crippen LogP contribution is -1.95. The van der Waals surface area contributed by atoms with Crippen molar-refractivity contribution in [2.24, 2.45) is 0 Å². The van der Waals surface area contributed by atoms with Crippen molar-refractivity contribution in [1.82, 2.24) is 0 Å². The van der Waals surface area contributed by atoms with Crippen molar-refractivity contribution in [2.45, 2.75) is 6.61 Å². The molecule has 3 heteroatoms. The third kappa shape index (κ3) is 3.99. The van der Waals surface area contributed by atoms with Crippen LogP contribution >= 0.6 is 11.6 Å². The van der Waals surface area contributed by atoms with E-state index in [9.17, 15) is 4.79 Å². The van der Waals surface area contributed by atoms with Gasteiger partial charge in [0, 0.05) is 10.6 Å². The maximum absolute atomic E-state index is 10.7. The normalized spacial score (nSPS) is 10.3. The van der Waals surface area contributed by atoms with Crippen molar-refractivity contribution >= 4 is 17.9 Å². The minimum Gasteiger partial charge on any atom is -0.489 e. The van der Waals surface area contributed by atoms with Crippen molar-refractivity contribution in [3.05, 3.63) is 88.9 Å². The summed E-state index contributed by atoms with van der Waals surface area (Å²) < 4.78 is 5.84. The summed E-state index contributed by atoms with van der Waals surface area (Å²) in [4.78, 5) is 10.7. The molecule has 0 saturated carbocycles. The van der Waals surface area contributed by atoms with E-state index in [1.54, 1.807) is 0 Å². The van der Waals surface area contributed by atoms with Crippen LogP contribution in [-0.2, 0) is 6.61 Å². The number of rotatable bonds is 5. The van der Waals surface area contributed by atoms with Crippen LogP contribution in [0, 0.1) is 0 Å². The smallest absolute Gasteiger partial charge is 0.150 e. The zero-order valence-electron chi connectivity index (χ0n) is 12.4. The molecule has 0 heterocycles. The van der Waals surface area contributed by atoms with Gasteiger partial charge in [-0.2, -0.15) is 0 Å². The van der Waals surface area contributed by atoms with Crippen LogP contribution in [0.2, 0.25) is 5.02 Å². The lowest BCUT2D eigenvalue weighted by atomic mass is 10.0. The highest BCUT2D eigenvalue weighted by Crippen LogP contribution is 2.24. The van der Waals surface area contributed by atoms with Gasteiger partial charge in [-0.25, -0.2) is 0 Å². The molecule has 0 N–H and O–H groups in total. The fourth-order valence-corrected chi connectivity index (χ4v) is 2.39. The minimum atomic E-state index is 0.491. The van der Waals surface area contributed by atoms with E-state index in [2.05, 4.69) is 0 Å². The van der Waals surface area contributed by atoms with E-state index in [0.717, 1.165) is 33.7 Å². The first-order valence-electron chi connectivity index (χ1n) is 7.27. The average molecular weight is 323 g/mol. The number of carbonyl (C=O) groups is 1. The first-order chi connectivity index (χ1) is 11.2. The van der Waals surface area contributed by atoms with Crippen LogP contribution in [0.5, 0.6) is 5.75 Å². The highest BCUT2D eigenvalue weighted by Gasteiger charge is 2.01. The molecule has 0 unspecified atom stereocenters. The van der Waals surface area contributed by atoms with Gasteiger partial charge in [0.1, 0.15) is 18.6 Å². The Morgan fingerprint density at radius 3 is 2.30 bits per heavy atom. The maximum atomic E-state index is 10.7. The molecular formula is C20H15ClO2. The molecular weight excluding hydrogens is 308 g/mol. The molecule has 0 bridgehead atoms. The van der Waals surface area contributed by atoms with Gasteiger partial charge in [0.25, 0.3) is 0 Å². The zero-order valence-corrected chi connectivity index (χ0v) is 13.2. The Labute approximate surface area is 140 Å². The van der Waals surface area contributed by atoms with Gasteiger partial charge < -0.3 is 4.74 Å². The number of hydrogen-bond acceptors (Lipinski definition) is 2. The highest BCUT2D eigenvalue weighted by molar-refractivity contribution is 6.30. The molecule has 3 rings (SSSR count). The van der Waals surface area contributed by atoms with E-state index in [0.29, 0.717) is 12.2 Å². The summed E-state index contributed by atoms with van der Waals surface area (Å²) in [6.07, 6.45) is 0.843. The van der Waals surface area contributed by atoms with E-state index < -0.39 is 0 Å². The Bertz CT molecular complexity index is 793. The fraction of sp³-hybridized carbons (Fsp3) is 0.0500. The third-order valence-corrected chi connectivity index (χ3v) is 3.78. The Kier molecular flexibility index (Phi) is 4.74. The van der Waals surface area contributed by atoms with Gasteiger partial charge in [0.05, 0.1) is 0 Å². The van der Waals surface area contributed by atoms with Crippen LogP contribution < -0.4 is 4.74 Å². The van der Waals surface area contributed by atoms with Crippen molar-refractivity contribution < 1.29 is 9.53 Å². The number of halogens is 1. The van der Waals surface area contributed by atoms with Gasteiger partial charge in [0.2, 0.25) is 0 Å². The largest absolute Gasteiger partial charge is 0.489 e. The van der Waals surface area contributed by atoms with Crippen LogP contribution in [0.4, 0.5) is 0 Å². The Balaban J connectivity index is 1.73. The number of hydrogen-bond donors (Lipinski definition) is 0. The second-order valence-corrected chi connectivity index (χ2v) is 5.62. The summed E-state index contributed by atoms with van der Waals surface area (Å²) >= 11 is 5.88. The predicted octanol–water partition coefficient (Wildman–Crippen LogP) is 5.40. The molecule has 0 atom stereocenters. The summed E-state index contributed by atoms with van der Waals surface area (Å²) in [5.41, 5.74) is 3.84. The molecule has 3 aromatic carbocycles. The van der Waals surface area contributed by atoms with E-state index in [4.69, 9.17) is 16.3 Å². The minimum absolute atomic E-state index is 0.491. The van der Waals surface area contributed by atoms with Crippen LogP contribution in [-0.4, -0.2) is 6.29 Å². The number of ether oxygens (including phenoxy) is 1. The molecule has 0 fully saturated rings. The van der Waals surface area contributed by atoms with Crippen molar-refractivity contribution in [1.29, 1.82) is 0 Å². The standard InChI is InChI=1S/C20H15ClO2/c21-19-10-6-16(7-11-19)14-23-20-3-1-2-18(12-20)17-8-4-15(13-22)5-9-17/h1-13H,14H2. The van der Waals surface area contributed by atoms with Gasteiger partial charge in [-0.1, -0.05) is 60.1 Å². The van der Waals surface area contributed by atoms with Gasteiger partial charge in [0.15, 0.2) is 0 Å². The molecule has 0 aliphatic rings. The molecule has 114 valence electrons. The molecule has 0 aliphatic heterocycles. The molecule has 23 heavy (non-hydrogen) atoms. The van der Waals surface area contributed by atoms with Crippen LogP contribution in [0.15, 0.2) is 72.8 Å². The van der Waals surface area contributed by atoms with E-state index in [1.165, 1.54) is 0 Å². The molecule has 0 aliphatic carbocycles. The molecule has 0 radical (unpaired) electrons. The summed E-state index contributed by atoms with van der Waals surface area (Å²) in [7, 11) is 0. The first-order valence-corrected chi connectivity index (χ1v) is 7.65. The summed E-state index contributed by atoms with van der Waals surface area (Å²) in [5.74, 6) is 0.803. The van der Waals surface area contributed by atoms with Gasteiger partial charge in [-0.3, -0.25) is 4.79 Å². The van der Waals surface area contributed by atoms with Crippen LogP contribution in [0.1, 0.15) is 15.9 Å². The van der Waals surface area contributed by atoms with Crippen molar-refractivity contribution in [3.8, 4) is 16.9 Å². The second kappa shape index (κ2) is 7.12. The predicted molar refractivity (Wildman–Crippen MR) is 93.0 cm³/mol. The second-order valence-electron chi connectivity index (χ2n) is 5.18. The SMILES string of the molecule is O=Cc1ccc(-c2cccc(OCc3ccc(Cl)cc3)c2)cc1. The van der Waals surface area contributed by atoms with E-state index in [1.807, 2.05) is 72.8 Å². The van der Waals surface area contributed by atoms with Crippen LogP contribution in [0.3, 0.4) is 0 Å². The van der Waals surface area contributed by atoms with E-state index >= 15 is 0 Å². The lowest BCUT2D eigenvalue weighted by Gasteiger charge is -2.09. The first kappa shape index (κ1) is 15.3. The number of aldehydes is 1. The van der Waals surface area contributed by atoms with Gasteiger partial charge >= 0.3 is 0 Å². The molecule has 2 nitrogen and oxygen atoms in total. The summed E-state index contributed by atoms with van der Waals surface area (Å²) in [6, 6.07) is 23.0. The average Bonchev–Trinajstić information content (AvgIpc) is 2.61. The number of carbonyl (C=O) groups excluding carboxylic acids is 1. The zero-order chi connectivity index (χ0) is 16.1. The molecule has 0 amide bonds. The summed E-state index contributed by atoms with van der Waals surface area (Å²) in [5, 5.41) is 0.717. The topological polar surface area (TPSA) is 26.3 Å². The highest BCUT2D eigenvalue weighted by atomic mass is 35.5. The molecule has 0 aromatic heterocycles. The van der Waals surface area contributed by atoms with Crippen molar-refractivity contribution in [3.63, 3.8) is 0 Å². The fourth-order valence-electron chi connectivity index (χ4n) is 2.27.